The average molecular weight is 201 g/mol. The number of thiol groups is 1. The molecule has 0 aromatic rings. The molecule has 0 radical (unpaired) electrons. The predicted octanol–water partition coefficient (Wildman–Crippen LogP) is 1.32. The Morgan fingerprint density at radius 3 is 2.62 bits per heavy atom. The largest absolute Gasteiger partial charge is 0.395 e. The van der Waals surface area contributed by atoms with Crippen molar-refractivity contribution in [3.8, 4) is 0 Å². The van der Waals surface area contributed by atoms with Crippen LogP contribution < -0.4 is 0 Å². The standard InChI is InChI=1S/C10H19NOS/c12-8-7-11(6-1-2-9-13)10-4-3-5-10/h1-2,10,12-13H,3-9H2/b2-1+. The van der Waals surface area contributed by atoms with Crippen molar-refractivity contribution < 1.29 is 5.11 Å². The van der Waals surface area contributed by atoms with E-state index in [0.717, 1.165) is 24.9 Å². The smallest absolute Gasteiger partial charge is 0.0558 e. The predicted molar refractivity (Wildman–Crippen MR) is 59.3 cm³/mol. The maximum atomic E-state index is 8.88. The topological polar surface area (TPSA) is 23.5 Å². The van der Waals surface area contributed by atoms with Crippen LogP contribution in [0.1, 0.15) is 19.3 Å². The monoisotopic (exact) mass is 201 g/mol. The van der Waals surface area contributed by atoms with Gasteiger partial charge in [0.2, 0.25) is 0 Å². The van der Waals surface area contributed by atoms with Gasteiger partial charge in [-0.2, -0.15) is 12.6 Å². The van der Waals surface area contributed by atoms with Gasteiger partial charge in [-0.15, -0.1) is 0 Å². The van der Waals surface area contributed by atoms with E-state index in [1.165, 1.54) is 19.3 Å². The molecule has 0 aromatic carbocycles. The Labute approximate surface area is 86.0 Å². The highest BCUT2D eigenvalue weighted by atomic mass is 32.1. The van der Waals surface area contributed by atoms with Crippen LogP contribution in [0, 0.1) is 0 Å². The van der Waals surface area contributed by atoms with E-state index in [1.807, 2.05) is 0 Å². The maximum Gasteiger partial charge on any atom is 0.0558 e. The lowest BCUT2D eigenvalue weighted by Crippen LogP contribution is -2.41. The van der Waals surface area contributed by atoms with E-state index >= 15 is 0 Å². The van der Waals surface area contributed by atoms with Gasteiger partial charge >= 0.3 is 0 Å². The lowest BCUT2D eigenvalue weighted by Gasteiger charge is -2.36. The Balaban J connectivity index is 2.24. The molecular formula is C10H19NOS. The van der Waals surface area contributed by atoms with Crippen LogP contribution in [0.25, 0.3) is 0 Å². The molecule has 0 unspecified atom stereocenters. The van der Waals surface area contributed by atoms with Gasteiger partial charge in [-0.1, -0.05) is 18.6 Å². The number of aliphatic hydroxyl groups is 1. The molecule has 3 heteroatoms. The molecule has 13 heavy (non-hydrogen) atoms. The molecule has 1 aliphatic carbocycles. The first-order valence-electron chi connectivity index (χ1n) is 4.99. The van der Waals surface area contributed by atoms with Crippen LogP contribution in [0.3, 0.4) is 0 Å². The summed E-state index contributed by atoms with van der Waals surface area (Å²) < 4.78 is 0. The molecule has 0 atom stereocenters. The van der Waals surface area contributed by atoms with Crippen molar-refractivity contribution >= 4 is 12.6 Å². The maximum absolute atomic E-state index is 8.88. The van der Waals surface area contributed by atoms with Gasteiger partial charge in [0.25, 0.3) is 0 Å². The third-order valence-corrected chi connectivity index (χ3v) is 2.80. The molecule has 76 valence electrons. The second-order valence-corrected chi connectivity index (χ2v) is 3.82. The third-order valence-electron chi connectivity index (χ3n) is 2.59. The molecule has 2 nitrogen and oxygen atoms in total. The highest BCUT2D eigenvalue weighted by Gasteiger charge is 2.23. The lowest BCUT2D eigenvalue weighted by molar-refractivity contribution is 0.114. The molecule has 0 heterocycles. The Bertz CT molecular complexity index is 157. The van der Waals surface area contributed by atoms with Crippen LogP contribution in [0.5, 0.6) is 0 Å². The minimum absolute atomic E-state index is 0.269. The fraction of sp³-hybridized carbons (Fsp3) is 0.800. The third kappa shape index (κ3) is 3.71. The van der Waals surface area contributed by atoms with Gasteiger partial charge in [-0.05, 0) is 12.8 Å². The van der Waals surface area contributed by atoms with E-state index in [2.05, 4.69) is 29.7 Å². The fourth-order valence-electron chi connectivity index (χ4n) is 1.59. The molecule has 0 spiro atoms. The molecule has 0 aliphatic heterocycles. The first kappa shape index (κ1) is 11.1. The van der Waals surface area contributed by atoms with Crippen molar-refractivity contribution in [2.45, 2.75) is 25.3 Å². The number of hydrogen-bond donors (Lipinski definition) is 2. The number of hydrogen-bond acceptors (Lipinski definition) is 3. The second kappa shape index (κ2) is 6.46. The first-order valence-corrected chi connectivity index (χ1v) is 5.62. The molecule has 1 fully saturated rings. The Kier molecular flexibility index (Phi) is 5.51. The van der Waals surface area contributed by atoms with Crippen LogP contribution in [0.15, 0.2) is 12.2 Å². The molecule has 1 N–H and O–H groups in total. The lowest BCUT2D eigenvalue weighted by atomic mass is 9.91. The zero-order chi connectivity index (χ0) is 9.52. The van der Waals surface area contributed by atoms with Gasteiger partial charge in [0.05, 0.1) is 6.61 Å². The number of nitrogens with zero attached hydrogens (tertiary/aromatic N) is 1. The van der Waals surface area contributed by atoms with Crippen molar-refractivity contribution in [2.24, 2.45) is 0 Å². The minimum Gasteiger partial charge on any atom is -0.395 e. The van der Waals surface area contributed by atoms with Gasteiger partial charge in [0.15, 0.2) is 0 Å². The fourth-order valence-corrected chi connectivity index (χ4v) is 1.74. The Morgan fingerprint density at radius 2 is 2.15 bits per heavy atom. The molecule has 0 aromatic heterocycles. The number of aliphatic hydroxyl groups excluding tert-OH is 1. The normalized spacial score (nSPS) is 18.4. The molecule has 0 amide bonds. The summed E-state index contributed by atoms with van der Waals surface area (Å²) >= 11 is 4.11. The van der Waals surface area contributed by atoms with Gasteiger partial charge in [-0.25, -0.2) is 0 Å². The van der Waals surface area contributed by atoms with Crippen molar-refractivity contribution in [2.75, 3.05) is 25.4 Å². The van der Waals surface area contributed by atoms with Crippen LogP contribution in [0.4, 0.5) is 0 Å². The zero-order valence-electron chi connectivity index (χ0n) is 8.02. The van der Waals surface area contributed by atoms with E-state index in [9.17, 15) is 0 Å². The number of rotatable bonds is 6. The summed E-state index contributed by atoms with van der Waals surface area (Å²) in [7, 11) is 0. The molecule has 1 saturated carbocycles. The van der Waals surface area contributed by atoms with Crippen LogP contribution in [-0.4, -0.2) is 41.5 Å². The zero-order valence-corrected chi connectivity index (χ0v) is 8.92. The summed E-state index contributed by atoms with van der Waals surface area (Å²) in [6, 6.07) is 0.719. The van der Waals surface area contributed by atoms with Crippen LogP contribution in [0.2, 0.25) is 0 Å². The van der Waals surface area contributed by atoms with E-state index in [0.29, 0.717) is 0 Å². The SMILES string of the molecule is OCCN(C/C=C/CS)C1CCC1. The van der Waals surface area contributed by atoms with Crippen molar-refractivity contribution in [3.63, 3.8) is 0 Å². The van der Waals surface area contributed by atoms with Gasteiger partial charge in [0.1, 0.15) is 0 Å². The van der Waals surface area contributed by atoms with Crippen molar-refractivity contribution in [1.82, 2.24) is 4.90 Å². The summed E-state index contributed by atoms with van der Waals surface area (Å²) in [5.74, 6) is 0.803. The Hall–Kier alpha value is 0.01000. The van der Waals surface area contributed by atoms with Gasteiger partial charge in [0, 0.05) is 24.9 Å². The van der Waals surface area contributed by atoms with Crippen molar-refractivity contribution in [3.05, 3.63) is 12.2 Å². The second-order valence-electron chi connectivity index (χ2n) is 3.46. The highest BCUT2D eigenvalue weighted by molar-refractivity contribution is 7.80. The van der Waals surface area contributed by atoms with Crippen molar-refractivity contribution in [1.29, 1.82) is 0 Å². The van der Waals surface area contributed by atoms with Crippen LogP contribution in [-0.2, 0) is 0 Å². The van der Waals surface area contributed by atoms with Gasteiger partial charge in [-0.3, -0.25) is 4.90 Å². The summed E-state index contributed by atoms with van der Waals surface area (Å²) in [6.07, 6.45) is 8.15. The minimum atomic E-state index is 0.269. The summed E-state index contributed by atoms with van der Waals surface area (Å²) in [5, 5.41) is 8.88. The quantitative estimate of drug-likeness (QED) is 0.500. The Morgan fingerprint density at radius 1 is 1.38 bits per heavy atom. The van der Waals surface area contributed by atoms with E-state index in [4.69, 9.17) is 5.11 Å². The molecule has 0 bridgehead atoms. The van der Waals surface area contributed by atoms with E-state index in [-0.39, 0.29) is 6.61 Å². The summed E-state index contributed by atoms with van der Waals surface area (Å²) in [5.41, 5.74) is 0. The first-order chi connectivity index (χ1) is 6.38. The summed E-state index contributed by atoms with van der Waals surface area (Å²) in [4.78, 5) is 2.35. The molecular weight excluding hydrogens is 182 g/mol. The summed E-state index contributed by atoms with van der Waals surface area (Å²) in [6.45, 7) is 2.04. The van der Waals surface area contributed by atoms with E-state index in [1.54, 1.807) is 0 Å². The van der Waals surface area contributed by atoms with E-state index < -0.39 is 0 Å². The average Bonchev–Trinajstić information content (AvgIpc) is 2.02. The molecule has 0 saturated heterocycles. The molecule has 1 aliphatic rings. The molecule has 1 rings (SSSR count). The van der Waals surface area contributed by atoms with Crippen LogP contribution >= 0.6 is 12.6 Å². The highest BCUT2D eigenvalue weighted by Crippen LogP contribution is 2.24. The van der Waals surface area contributed by atoms with Gasteiger partial charge < -0.3 is 5.11 Å².